The van der Waals surface area contributed by atoms with E-state index in [1.165, 1.54) is 10.8 Å². The van der Waals surface area contributed by atoms with Gasteiger partial charge in [-0.2, -0.15) is 0 Å². The number of hydrogen-bond acceptors (Lipinski definition) is 6. The fourth-order valence-corrected chi connectivity index (χ4v) is 2.03. The zero-order valence-electron chi connectivity index (χ0n) is 11.1. The van der Waals surface area contributed by atoms with Crippen molar-refractivity contribution in [2.24, 2.45) is 0 Å². The highest BCUT2D eigenvalue weighted by Crippen LogP contribution is 2.28. The number of ether oxygens (including phenoxy) is 2. The molecule has 0 aromatic carbocycles. The molecular formula is C11H21N3O2S2. The maximum Gasteiger partial charge on any atom is 0.159 e. The van der Waals surface area contributed by atoms with Crippen LogP contribution in [0.1, 0.15) is 38.1 Å². The van der Waals surface area contributed by atoms with Crippen molar-refractivity contribution in [1.82, 2.24) is 15.0 Å². The van der Waals surface area contributed by atoms with E-state index < -0.39 is 0 Å². The summed E-state index contributed by atoms with van der Waals surface area (Å²) >= 11 is 4.18. The summed E-state index contributed by atoms with van der Waals surface area (Å²) in [4.78, 5) is 0. The molecule has 0 N–H and O–H groups in total. The molecular weight excluding hydrogens is 270 g/mol. The van der Waals surface area contributed by atoms with E-state index in [2.05, 4.69) is 28.9 Å². The number of thiol groups is 1. The van der Waals surface area contributed by atoms with Gasteiger partial charge in [-0.15, -0.1) is 16.8 Å². The molecule has 0 aliphatic rings. The van der Waals surface area contributed by atoms with Crippen molar-refractivity contribution in [3.05, 3.63) is 11.9 Å². The quantitative estimate of drug-likeness (QED) is 0.431. The second-order valence-electron chi connectivity index (χ2n) is 3.78. The number of rotatable bonds is 9. The smallest absolute Gasteiger partial charge is 0.159 e. The maximum absolute atomic E-state index is 5.48. The van der Waals surface area contributed by atoms with E-state index >= 15 is 0 Å². The van der Waals surface area contributed by atoms with Gasteiger partial charge in [0, 0.05) is 32.4 Å². The van der Waals surface area contributed by atoms with Crippen molar-refractivity contribution < 1.29 is 9.47 Å². The molecule has 1 aromatic rings. The first kappa shape index (κ1) is 15.8. The number of aromatic nitrogens is 3. The summed E-state index contributed by atoms with van der Waals surface area (Å²) in [6.45, 7) is 8.02. The molecule has 0 fully saturated rings. The molecule has 1 unspecified atom stereocenters. The second kappa shape index (κ2) is 8.79. The topological polar surface area (TPSA) is 49.2 Å². The van der Waals surface area contributed by atoms with Gasteiger partial charge in [-0.1, -0.05) is 16.0 Å². The van der Waals surface area contributed by atoms with E-state index in [1.807, 2.05) is 24.7 Å². The van der Waals surface area contributed by atoms with Crippen LogP contribution in [0.3, 0.4) is 0 Å². The standard InChI is InChI=1S/C11H21N3O2S2/c1-4-15-11(16-5-2)6-7-14-8-10(12-13-14)9(3)18-17/h8-9,11,17H,4-7H2,1-3H3. The first-order chi connectivity index (χ1) is 8.71. The lowest BCUT2D eigenvalue weighted by molar-refractivity contribution is -0.141. The minimum Gasteiger partial charge on any atom is -0.353 e. The molecule has 1 rings (SSSR count). The van der Waals surface area contributed by atoms with Crippen molar-refractivity contribution in [2.45, 2.75) is 45.3 Å². The Morgan fingerprint density at radius 3 is 2.61 bits per heavy atom. The average Bonchev–Trinajstić information content (AvgIpc) is 2.84. The van der Waals surface area contributed by atoms with Crippen LogP contribution < -0.4 is 0 Å². The Labute approximate surface area is 117 Å². The van der Waals surface area contributed by atoms with Crippen LogP contribution in [-0.4, -0.2) is 34.5 Å². The molecule has 7 heteroatoms. The van der Waals surface area contributed by atoms with Gasteiger partial charge in [0.15, 0.2) is 6.29 Å². The highest BCUT2D eigenvalue weighted by Gasteiger charge is 2.11. The van der Waals surface area contributed by atoms with E-state index in [0.717, 1.165) is 18.7 Å². The van der Waals surface area contributed by atoms with Crippen molar-refractivity contribution in [3.8, 4) is 0 Å². The molecule has 0 bridgehead atoms. The Balaban J connectivity index is 2.44. The monoisotopic (exact) mass is 291 g/mol. The fourth-order valence-electron chi connectivity index (χ4n) is 1.49. The molecule has 1 atom stereocenters. The summed E-state index contributed by atoms with van der Waals surface area (Å²) in [7, 11) is 1.46. The minimum absolute atomic E-state index is 0.163. The molecule has 5 nitrogen and oxygen atoms in total. The lowest BCUT2D eigenvalue weighted by atomic mass is 10.3. The Kier molecular flexibility index (Phi) is 7.73. The largest absolute Gasteiger partial charge is 0.353 e. The van der Waals surface area contributed by atoms with Crippen molar-refractivity contribution in [1.29, 1.82) is 0 Å². The van der Waals surface area contributed by atoms with Crippen LogP contribution in [0.15, 0.2) is 6.20 Å². The summed E-state index contributed by atoms with van der Waals surface area (Å²) in [6, 6.07) is 0. The zero-order chi connectivity index (χ0) is 13.4. The van der Waals surface area contributed by atoms with Gasteiger partial charge < -0.3 is 9.47 Å². The first-order valence-corrected chi connectivity index (χ1v) is 8.07. The Bertz CT molecular complexity index is 330. The van der Waals surface area contributed by atoms with Gasteiger partial charge in [0.1, 0.15) is 0 Å². The van der Waals surface area contributed by atoms with Gasteiger partial charge in [0.25, 0.3) is 0 Å². The molecule has 0 saturated carbocycles. The van der Waals surface area contributed by atoms with Gasteiger partial charge >= 0.3 is 0 Å². The molecule has 1 aromatic heterocycles. The lowest BCUT2D eigenvalue weighted by Gasteiger charge is -2.16. The molecule has 104 valence electrons. The summed E-state index contributed by atoms with van der Waals surface area (Å²) in [5, 5.41) is 8.45. The van der Waals surface area contributed by atoms with Crippen LogP contribution in [-0.2, 0) is 16.0 Å². The molecule has 0 amide bonds. The summed E-state index contributed by atoms with van der Waals surface area (Å²) in [6.07, 6.45) is 2.56. The lowest BCUT2D eigenvalue weighted by Crippen LogP contribution is -2.19. The number of nitrogens with zero attached hydrogens (tertiary/aromatic N) is 3. The third-order valence-electron chi connectivity index (χ3n) is 2.43. The second-order valence-corrected chi connectivity index (χ2v) is 5.33. The van der Waals surface area contributed by atoms with Crippen molar-refractivity contribution in [2.75, 3.05) is 13.2 Å². The number of hydrogen-bond donors (Lipinski definition) is 1. The highest BCUT2D eigenvalue weighted by atomic mass is 33.1. The van der Waals surface area contributed by atoms with E-state index in [4.69, 9.17) is 9.47 Å². The Hall–Kier alpha value is -0.240. The Morgan fingerprint density at radius 1 is 1.39 bits per heavy atom. The van der Waals surface area contributed by atoms with Crippen LogP contribution in [0, 0.1) is 0 Å². The third kappa shape index (κ3) is 5.17. The van der Waals surface area contributed by atoms with Crippen LogP contribution in [0.2, 0.25) is 0 Å². The molecule has 0 radical (unpaired) electrons. The summed E-state index contributed by atoms with van der Waals surface area (Å²) in [5.41, 5.74) is 0.944. The average molecular weight is 291 g/mol. The minimum atomic E-state index is -0.163. The third-order valence-corrected chi connectivity index (χ3v) is 3.94. The van der Waals surface area contributed by atoms with Gasteiger partial charge in [-0.05, 0) is 20.8 Å². The number of aryl methyl sites for hydroxylation is 1. The SMILES string of the molecule is CCOC(CCn1cc(C(C)SS)nn1)OCC. The molecule has 0 saturated heterocycles. The van der Waals surface area contributed by atoms with Gasteiger partial charge in [0.05, 0.1) is 10.9 Å². The Morgan fingerprint density at radius 2 is 2.06 bits per heavy atom. The van der Waals surface area contributed by atoms with E-state index in [-0.39, 0.29) is 11.5 Å². The van der Waals surface area contributed by atoms with Crippen molar-refractivity contribution >= 4 is 22.5 Å². The molecule has 18 heavy (non-hydrogen) atoms. The van der Waals surface area contributed by atoms with E-state index in [1.54, 1.807) is 0 Å². The van der Waals surface area contributed by atoms with Crippen molar-refractivity contribution in [3.63, 3.8) is 0 Å². The van der Waals surface area contributed by atoms with Gasteiger partial charge in [0.2, 0.25) is 0 Å². The highest BCUT2D eigenvalue weighted by molar-refractivity contribution is 8.68. The van der Waals surface area contributed by atoms with E-state index in [0.29, 0.717) is 13.2 Å². The normalized spacial score (nSPS) is 13.2. The van der Waals surface area contributed by atoms with Gasteiger partial charge in [-0.25, -0.2) is 0 Å². The predicted molar refractivity (Wildman–Crippen MR) is 76.7 cm³/mol. The van der Waals surface area contributed by atoms with Crippen LogP contribution in [0.5, 0.6) is 0 Å². The molecule has 0 aliphatic carbocycles. The predicted octanol–water partition coefficient (Wildman–Crippen LogP) is 2.71. The molecule has 1 heterocycles. The summed E-state index contributed by atoms with van der Waals surface area (Å²) < 4.78 is 12.8. The van der Waals surface area contributed by atoms with E-state index in [9.17, 15) is 0 Å². The fraction of sp³-hybridized carbons (Fsp3) is 0.818. The molecule has 0 spiro atoms. The van der Waals surface area contributed by atoms with Crippen LogP contribution in [0.4, 0.5) is 0 Å². The first-order valence-electron chi connectivity index (χ1n) is 6.14. The maximum atomic E-state index is 5.48. The summed E-state index contributed by atoms with van der Waals surface area (Å²) in [5.74, 6) is 0. The van der Waals surface area contributed by atoms with Crippen LogP contribution in [0.25, 0.3) is 0 Å². The molecule has 0 aliphatic heterocycles. The van der Waals surface area contributed by atoms with Gasteiger partial charge in [-0.3, -0.25) is 4.68 Å². The zero-order valence-corrected chi connectivity index (χ0v) is 12.8. The van der Waals surface area contributed by atoms with Crippen LogP contribution >= 0.6 is 22.5 Å².